The van der Waals surface area contributed by atoms with Gasteiger partial charge in [0.25, 0.3) is 5.91 Å². The van der Waals surface area contributed by atoms with E-state index in [1.807, 2.05) is 24.0 Å². The van der Waals surface area contributed by atoms with Crippen LogP contribution in [0.15, 0.2) is 18.3 Å². The smallest absolute Gasteiger partial charge is 0.257 e. The van der Waals surface area contributed by atoms with Gasteiger partial charge in [-0.05, 0) is 44.2 Å². The maximum Gasteiger partial charge on any atom is 0.257 e. The fourth-order valence-corrected chi connectivity index (χ4v) is 3.21. The van der Waals surface area contributed by atoms with E-state index >= 15 is 0 Å². The summed E-state index contributed by atoms with van der Waals surface area (Å²) in [6, 6.07) is 4.18. The molecule has 2 heterocycles. The molecule has 3 rings (SSSR count). The largest absolute Gasteiger partial charge is 0.370 e. The highest BCUT2D eigenvalue weighted by Gasteiger charge is 2.40. The van der Waals surface area contributed by atoms with Gasteiger partial charge in [0.15, 0.2) is 0 Å². The first-order valence-corrected chi connectivity index (χ1v) is 6.79. The second-order valence-electron chi connectivity index (χ2n) is 5.22. The van der Waals surface area contributed by atoms with E-state index in [4.69, 9.17) is 0 Å². The van der Waals surface area contributed by atoms with Crippen LogP contribution in [0.25, 0.3) is 0 Å². The monoisotopic (exact) mass is 245 g/mol. The summed E-state index contributed by atoms with van der Waals surface area (Å²) in [5.74, 6) is 1.59. The Balaban J connectivity index is 1.84. The third-order valence-corrected chi connectivity index (χ3v) is 4.05. The highest BCUT2D eigenvalue weighted by atomic mass is 16.2. The molecule has 2 unspecified atom stereocenters. The molecular formula is C14H19N3O. The van der Waals surface area contributed by atoms with Gasteiger partial charge in [0.1, 0.15) is 5.82 Å². The number of nitrogens with zero attached hydrogens (tertiary/aromatic N) is 2. The fraction of sp³-hybridized carbons (Fsp3) is 0.571. The SMILES string of the molecule is CCNc1ncccc1C(=O)N1CC2CCC1C2. The normalized spacial score (nSPS) is 25.5. The minimum Gasteiger partial charge on any atom is -0.370 e. The number of carbonyl (C=O) groups excluding carboxylic acids is 1. The lowest BCUT2D eigenvalue weighted by Crippen LogP contribution is -2.38. The number of anilines is 1. The quantitative estimate of drug-likeness (QED) is 0.887. The fourth-order valence-electron chi connectivity index (χ4n) is 3.21. The highest BCUT2D eigenvalue weighted by molar-refractivity contribution is 5.99. The molecule has 2 aliphatic rings. The van der Waals surface area contributed by atoms with Gasteiger partial charge in [-0.3, -0.25) is 4.79 Å². The Kier molecular flexibility index (Phi) is 2.94. The minimum atomic E-state index is 0.145. The van der Waals surface area contributed by atoms with Crippen LogP contribution in [-0.2, 0) is 0 Å². The zero-order chi connectivity index (χ0) is 12.5. The van der Waals surface area contributed by atoms with Crippen molar-refractivity contribution in [3.63, 3.8) is 0 Å². The maximum absolute atomic E-state index is 12.6. The second-order valence-corrected chi connectivity index (χ2v) is 5.22. The van der Waals surface area contributed by atoms with Gasteiger partial charge in [-0.1, -0.05) is 0 Å². The molecule has 2 fully saturated rings. The molecule has 0 aromatic carbocycles. The predicted octanol–water partition coefficient (Wildman–Crippen LogP) is 2.14. The lowest BCUT2D eigenvalue weighted by molar-refractivity contribution is 0.0704. The Morgan fingerprint density at radius 3 is 3.11 bits per heavy atom. The Morgan fingerprint density at radius 1 is 1.56 bits per heavy atom. The molecule has 1 aliphatic carbocycles. The van der Waals surface area contributed by atoms with E-state index in [9.17, 15) is 4.79 Å². The molecule has 1 saturated heterocycles. The van der Waals surface area contributed by atoms with Gasteiger partial charge in [0.05, 0.1) is 5.56 Å². The molecule has 0 radical (unpaired) electrons. The van der Waals surface area contributed by atoms with Crippen LogP contribution in [-0.4, -0.2) is 34.9 Å². The van der Waals surface area contributed by atoms with Gasteiger partial charge in [-0.15, -0.1) is 0 Å². The van der Waals surface area contributed by atoms with Crippen molar-refractivity contribution in [1.82, 2.24) is 9.88 Å². The molecule has 4 heteroatoms. The number of fused-ring (bicyclic) bond motifs is 2. The molecule has 18 heavy (non-hydrogen) atoms. The average molecular weight is 245 g/mol. The van der Waals surface area contributed by atoms with Gasteiger partial charge < -0.3 is 10.2 Å². The van der Waals surface area contributed by atoms with Crippen molar-refractivity contribution >= 4 is 11.7 Å². The molecular weight excluding hydrogens is 226 g/mol. The van der Waals surface area contributed by atoms with Crippen molar-refractivity contribution in [2.45, 2.75) is 32.2 Å². The van der Waals surface area contributed by atoms with E-state index in [1.54, 1.807) is 6.20 Å². The summed E-state index contributed by atoms with van der Waals surface area (Å²) in [6.45, 7) is 3.73. The van der Waals surface area contributed by atoms with Crippen LogP contribution in [0.1, 0.15) is 36.5 Å². The van der Waals surface area contributed by atoms with Gasteiger partial charge >= 0.3 is 0 Å². The van der Waals surface area contributed by atoms with E-state index in [0.29, 0.717) is 17.4 Å². The third kappa shape index (κ3) is 1.85. The number of piperidine rings is 1. The maximum atomic E-state index is 12.6. The first-order valence-electron chi connectivity index (χ1n) is 6.79. The van der Waals surface area contributed by atoms with E-state index in [1.165, 1.54) is 19.3 Å². The minimum absolute atomic E-state index is 0.145. The van der Waals surface area contributed by atoms with Gasteiger partial charge in [-0.25, -0.2) is 4.98 Å². The van der Waals surface area contributed by atoms with Gasteiger partial charge in [0.2, 0.25) is 0 Å². The molecule has 1 aromatic heterocycles. The van der Waals surface area contributed by atoms with Crippen LogP contribution < -0.4 is 5.32 Å². The molecule has 1 aromatic rings. The topological polar surface area (TPSA) is 45.2 Å². The molecule has 0 spiro atoms. The Morgan fingerprint density at radius 2 is 2.44 bits per heavy atom. The van der Waals surface area contributed by atoms with Crippen LogP contribution in [0.4, 0.5) is 5.82 Å². The predicted molar refractivity (Wildman–Crippen MR) is 70.6 cm³/mol. The van der Waals surface area contributed by atoms with E-state index in [-0.39, 0.29) is 5.91 Å². The number of amides is 1. The van der Waals surface area contributed by atoms with Crippen LogP contribution in [0.3, 0.4) is 0 Å². The molecule has 2 atom stereocenters. The highest BCUT2D eigenvalue weighted by Crippen LogP contribution is 2.38. The summed E-state index contributed by atoms with van der Waals surface area (Å²) < 4.78 is 0. The first kappa shape index (κ1) is 11.5. The van der Waals surface area contributed by atoms with Gasteiger partial charge in [-0.2, -0.15) is 0 Å². The number of carbonyl (C=O) groups is 1. The molecule has 4 nitrogen and oxygen atoms in total. The lowest BCUT2D eigenvalue weighted by atomic mass is 10.1. The van der Waals surface area contributed by atoms with Crippen molar-refractivity contribution in [2.75, 3.05) is 18.4 Å². The summed E-state index contributed by atoms with van der Waals surface area (Å²) in [7, 11) is 0. The Labute approximate surface area is 107 Å². The van der Waals surface area contributed by atoms with E-state index < -0.39 is 0 Å². The number of nitrogens with one attached hydrogen (secondary N) is 1. The lowest BCUT2D eigenvalue weighted by Gasteiger charge is -2.27. The second kappa shape index (κ2) is 4.59. The van der Waals surface area contributed by atoms with Crippen LogP contribution in [0, 0.1) is 5.92 Å². The summed E-state index contributed by atoms with van der Waals surface area (Å²) in [4.78, 5) is 18.9. The number of likely N-dealkylation sites (tertiary alicyclic amines) is 1. The number of hydrogen-bond acceptors (Lipinski definition) is 3. The number of aromatic nitrogens is 1. The van der Waals surface area contributed by atoms with E-state index in [0.717, 1.165) is 19.0 Å². The number of rotatable bonds is 3. The van der Waals surface area contributed by atoms with Crippen molar-refractivity contribution in [3.05, 3.63) is 23.9 Å². The standard InChI is InChI=1S/C14H19N3O/c1-2-15-13-12(4-3-7-16-13)14(18)17-9-10-5-6-11(17)8-10/h3-4,7,10-11H,2,5-6,8-9H2,1H3,(H,15,16). The average Bonchev–Trinajstić information content (AvgIpc) is 3.01. The van der Waals surface area contributed by atoms with E-state index in [2.05, 4.69) is 10.3 Å². The van der Waals surface area contributed by atoms with Gasteiger partial charge in [0, 0.05) is 25.3 Å². The van der Waals surface area contributed by atoms with Crippen molar-refractivity contribution in [1.29, 1.82) is 0 Å². The molecule has 1 N–H and O–H groups in total. The van der Waals surface area contributed by atoms with Crippen LogP contribution >= 0.6 is 0 Å². The Bertz CT molecular complexity index is 460. The summed E-state index contributed by atoms with van der Waals surface area (Å²) >= 11 is 0. The van der Waals surface area contributed by atoms with Crippen molar-refractivity contribution in [3.8, 4) is 0 Å². The van der Waals surface area contributed by atoms with Crippen LogP contribution in [0.2, 0.25) is 0 Å². The summed E-state index contributed by atoms with van der Waals surface area (Å²) in [5, 5.41) is 3.17. The summed E-state index contributed by atoms with van der Waals surface area (Å²) in [5.41, 5.74) is 0.715. The molecule has 1 aliphatic heterocycles. The molecule has 1 amide bonds. The number of pyridine rings is 1. The molecule has 1 saturated carbocycles. The number of hydrogen-bond donors (Lipinski definition) is 1. The molecule has 2 bridgehead atoms. The zero-order valence-electron chi connectivity index (χ0n) is 10.7. The zero-order valence-corrected chi connectivity index (χ0v) is 10.7. The molecule has 96 valence electrons. The summed E-state index contributed by atoms with van der Waals surface area (Å²) in [6.07, 6.45) is 5.39. The van der Waals surface area contributed by atoms with Crippen molar-refractivity contribution in [2.24, 2.45) is 5.92 Å². The third-order valence-electron chi connectivity index (χ3n) is 4.05. The Hall–Kier alpha value is -1.58. The first-order chi connectivity index (χ1) is 8.79. The van der Waals surface area contributed by atoms with Crippen molar-refractivity contribution < 1.29 is 4.79 Å². The van der Waals surface area contributed by atoms with Crippen LogP contribution in [0.5, 0.6) is 0 Å².